The minimum Gasteiger partial charge on any atom is -0.465 e. The van der Waals surface area contributed by atoms with Crippen LogP contribution in [0.3, 0.4) is 0 Å². The van der Waals surface area contributed by atoms with E-state index >= 15 is 0 Å². The lowest BCUT2D eigenvalue weighted by atomic mass is 10.1. The molecule has 28 heavy (non-hydrogen) atoms. The van der Waals surface area contributed by atoms with E-state index in [4.69, 9.17) is 10.00 Å². The van der Waals surface area contributed by atoms with Crippen molar-refractivity contribution in [3.63, 3.8) is 0 Å². The summed E-state index contributed by atoms with van der Waals surface area (Å²) in [4.78, 5) is 28.5. The van der Waals surface area contributed by atoms with E-state index in [1.807, 2.05) is 6.07 Å². The summed E-state index contributed by atoms with van der Waals surface area (Å²) in [5.74, 6) is -0.838. The Bertz CT molecular complexity index is 1070. The molecule has 0 aliphatic heterocycles. The highest BCUT2D eigenvalue weighted by molar-refractivity contribution is 6.04. The Morgan fingerprint density at radius 3 is 2.64 bits per heavy atom. The van der Waals surface area contributed by atoms with Gasteiger partial charge in [0, 0.05) is 11.9 Å². The van der Waals surface area contributed by atoms with Gasteiger partial charge in [-0.25, -0.2) is 4.79 Å². The first-order valence-electron chi connectivity index (χ1n) is 8.31. The first-order chi connectivity index (χ1) is 13.6. The molecule has 0 saturated heterocycles. The summed E-state index contributed by atoms with van der Waals surface area (Å²) in [6.45, 7) is 0. The van der Waals surface area contributed by atoms with Crippen molar-refractivity contribution >= 4 is 28.9 Å². The number of nitrogens with one attached hydrogen (secondary N) is 2. The summed E-state index contributed by atoms with van der Waals surface area (Å²) in [5, 5.41) is 14.8. The molecule has 7 nitrogen and oxygen atoms in total. The largest absolute Gasteiger partial charge is 0.465 e. The normalized spacial score (nSPS) is 9.86. The van der Waals surface area contributed by atoms with Crippen LogP contribution in [0.15, 0.2) is 67.0 Å². The monoisotopic (exact) mass is 372 g/mol. The Morgan fingerprint density at radius 2 is 1.86 bits per heavy atom. The van der Waals surface area contributed by atoms with Gasteiger partial charge in [-0.2, -0.15) is 5.26 Å². The second-order valence-corrected chi connectivity index (χ2v) is 5.77. The lowest BCUT2D eigenvalue weighted by Crippen LogP contribution is -2.13. The number of methoxy groups -OCH3 is 1. The standard InChI is InChI=1S/C21H16N4O3/c1-28-21(27)18-7-2-3-8-19(18)24-17-10-15(12-23-13-17)20(26)25-16-6-4-5-14(9-16)11-22/h2-10,12-13,24H,1H3,(H,25,26). The maximum atomic E-state index is 12.5. The van der Waals surface area contributed by atoms with E-state index in [0.29, 0.717) is 33.8 Å². The zero-order valence-corrected chi connectivity index (χ0v) is 15.0. The molecule has 138 valence electrons. The van der Waals surface area contributed by atoms with Crippen LogP contribution >= 0.6 is 0 Å². The number of aromatic nitrogens is 1. The topological polar surface area (TPSA) is 104 Å². The number of anilines is 3. The van der Waals surface area contributed by atoms with Crippen LogP contribution in [0.2, 0.25) is 0 Å². The van der Waals surface area contributed by atoms with Gasteiger partial charge in [0.25, 0.3) is 5.91 Å². The number of hydrogen-bond donors (Lipinski definition) is 2. The number of benzene rings is 2. The van der Waals surface area contributed by atoms with E-state index in [9.17, 15) is 9.59 Å². The smallest absolute Gasteiger partial charge is 0.339 e. The van der Waals surface area contributed by atoms with Gasteiger partial charge in [0.1, 0.15) is 0 Å². The van der Waals surface area contributed by atoms with E-state index in [1.54, 1.807) is 60.8 Å². The van der Waals surface area contributed by atoms with Crippen molar-refractivity contribution in [2.75, 3.05) is 17.7 Å². The molecule has 1 heterocycles. The third-order valence-electron chi connectivity index (χ3n) is 3.86. The number of hydrogen-bond acceptors (Lipinski definition) is 6. The van der Waals surface area contributed by atoms with Crippen molar-refractivity contribution in [2.45, 2.75) is 0 Å². The fourth-order valence-electron chi connectivity index (χ4n) is 2.54. The lowest BCUT2D eigenvalue weighted by Gasteiger charge is -2.11. The predicted octanol–water partition coefficient (Wildman–Crippen LogP) is 3.74. The molecule has 3 rings (SSSR count). The van der Waals surface area contributed by atoms with Crippen LogP contribution in [0.5, 0.6) is 0 Å². The van der Waals surface area contributed by atoms with Gasteiger partial charge >= 0.3 is 5.97 Å². The fourth-order valence-corrected chi connectivity index (χ4v) is 2.54. The predicted molar refractivity (Wildman–Crippen MR) is 104 cm³/mol. The van der Waals surface area contributed by atoms with Gasteiger partial charge in [-0.3, -0.25) is 9.78 Å². The molecule has 0 aliphatic rings. The molecule has 7 heteroatoms. The average molecular weight is 372 g/mol. The van der Waals surface area contributed by atoms with Crippen LogP contribution in [0.1, 0.15) is 26.3 Å². The number of esters is 1. The van der Waals surface area contributed by atoms with Crippen LogP contribution in [0, 0.1) is 11.3 Å². The van der Waals surface area contributed by atoms with Gasteiger partial charge in [0.15, 0.2) is 0 Å². The molecular weight excluding hydrogens is 356 g/mol. The maximum absolute atomic E-state index is 12.5. The zero-order chi connectivity index (χ0) is 19.9. The van der Waals surface area contributed by atoms with Crippen molar-refractivity contribution in [2.24, 2.45) is 0 Å². The highest BCUT2D eigenvalue weighted by Crippen LogP contribution is 2.22. The number of carbonyl (C=O) groups is 2. The van der Waals surface area contributed by atoms with Crippen molar-refractivity contribution in [1.82, 2.24) is 4.98 Å². The molecule has 0 fully saturated rings. The van der Waals surface area contributed by atoms with Crippen molar-refractivity contribution in [3.8, 4) is 6.07 Å². The van der Waals surface area contributed by atoms with Crippen LogP contribution in [-0.4, -0.2) is 24.0 Å². The first kappa shape index (κ1) is 18.6. The summed E-state index contributed by atoms with van der Waals surface area (Å²) in [7, 11) is 1.31. The van der Waals surface area contributed by atoms with Gasteiger partial charge < -0.3 is 15.4 Å². The molecule has 1 amide bonds. The maximum Gasteiger partial charge on any atom is 0.339 e. The Morgan fingerprint density at radius 1 is 1.04 bits per heavy atom. The summed E-state index contributed by atoms with van der Waals surface area (Å²) in [6, 6.07) is 17.1. The lowest BCUT2D eigenvalue weighted by molar-refractivity contribution is 0.0601. The molecular formula is C21H16N4O3. The highest BCUT2D eigenvalue weighted by Gasteiger charge is 2.13. The zero-order valence-electron chi connectivity index (χ0n) is 15.0. The molecule has 0 spiro atoms. The third-order valence-corrected chi connectivity index (χ3v) is 3.86. The number of carbonyl (C=O) groups excluding carboxylic acids is 2. The number of ether oxygens (including phenoxy) is 1. The van der Waals surface area contributed by atoms with Crippen molar-refractivity contribution in [3.05, 3.63) is 83.7 Å². The van der Waals surface area contributed by atoms with Crippen LogP contribution in [-0.2, 0) is 4.74 Å². The van der Waals surface area contributed by atoms with Crippen LogP contribution in [0.25, 0.3) is 0 Å². The molecule has 0 atom stereocenters. The Balaban J connectivity index is 1.80. The molecule has 0 saturated carbocycles. The molecule has 0 bridgehead atoms. The Hall–Kier alpha value is -4.18. The Kier molecular flexibility index (Phi) is 5.63. The van der Waals surface area contributed by atoms with Gasteiger partial charge in [-0.1, -0.05) is 18.2 Å². The van der Waals surface area contributed by atoms with Crippen LogP contribution < -0.4 is 10.6 Å². The average Bonchev–Trinajstić information content (AvgIpc) is 2.74. The fraction of sp³-hybridized carbons (Fsp3) is 0.0476. The van der Waals surface area contributed by atoms with Crippen molar-refractivity contribution in [1.29, 1.82) is 5.26 Å². The Labute approximate surface area is 161 Å². The molecule has 3 aromatic rings. The molecule has 0 radical (unpaired) electrons. The number of pyridine rings is 1. The second kappa shape index (κ2) is 8.47. The summed E-state index contributed by atoms with van der Waals surface area (Å²) >= 11 is 0. The molecule has 0 aliphatic carbocycles. The number of para-hydroxylation sites is 1. The van der Waals surface area contributed by atoms with Gasteiger partial charge in [-0.15, -0.1) is 0 Å². The van der Waals surface area contributed by atoms with E-state index < -0.39 is 5.97 Å². The van der Waals surface area contributed by atoms with E-state index in [1.165, 1.54) is 13.3 Å². The van der Waals surface area contributed by atoms with Crippen LogP contribution in [0.4, 0.5) is 17.1 Å². The first-order valence-corrected chi connectivity index (χ1v) is 8.31. The summed E-state index contributed by atoms with van der Waals surface area (Å²) in [6.07, 6.45) is 2.97. The van der Waals surface area contributed by atoms with E-state index in [2.05, 4.69) is 15.6 Å². The van der Waals surface area contributed by atoms with E-state index in [0.717, 1.165) is 0 Å². The number of nitrogens with zero attached hydrogens (tertiary/aromatic N) is 2. The number of nitriles is 1. The highest BCUT2D eigenvalue weighted by atomic mass is 16.5. The SMILES string of the molecule is COC(=O)c1ccccc1Nc1cncc(C(=O)Nc2cccc(C#N)c2)c1. The van der Waals surface area contributed by atoms with Crippen molar-refractivity contribution < 1.29 is 14.3 Å². The molecule has 0 unspecified atom stereocenters. The molecule has 1 aromatic heterocycles. The van der Waals surface area contributed by atoms with Gasteiger partial charge in [0.2, 0.25) is 0 Å². The summed E-state index contributed by atoms with van der Waals surface area (Å²) < 4.78 is 4.78. The summed E-state index contributed by atoms with van der Waals surface area (Å²) in [5.41, 5.74) is 2.73. The van der Waals surface area contributed by atoms with Gasteiger partial charge in [-0.05, 0) is 36.4 Å². The minimum absolute atomic E-state index is 0.322. The number of amides is 1. The van der Waals surface area contributed by atoms with E-state index in [-0.39, 0.29) is 5.91 Å². The minimum atomic E-state index is -0.470. The molecule has 2 aromatic carbocycles. The quantitative estimate of drug-likeness (QED) is 0.661. The van der Waals surface area contributed by atoms with Gasteiger partial charge in [0.05, 0.1) is 47.4 Å². The third kappa shape index (κ3) is 4.31. The number of rotatable bonds is 5. The second-order valence-electron chi connectivity index (χ2n) is 5.77. The molecule has 2 N–H and O–H groups in total.